The van der Waals surface area contributed by atoms with Crippen LogP contribution in [0.4, 0.5) is 11.4 Å². The van der Waals surface area contributed by atoms with Crippen LogP contribution < -0.4 is 14.9 Å². The number of halogens is 1. The molecule has 2 aromatic heterocycles. The second-order valence-electron chi connectivity index (χ2n) is 6.34. The number of hydrogen-bond donors (Lipinski definition) is 1. The number of aromatic nitrogens is 2. The lowest BCUT2D eigenvalue weighted by Crippen LogP contribution is -2.47. The highest BCUT2D eigenvalue weighted by molar-refractivity contribution is 9.10. The van der Waals surface area contributed by atoms with Crippen LogP contribution in [0, 0.1) is 0 Å². The van der Waals surface area contributed by atoms with E-state index in [1.165, 1.54) is 0 Å². The van der Waals surface area contributed by atoms with Crippen molar-refractivity contribution >= 4 is 48.4 Å². The fourth-order valence-electron chi connectivity index (χ4n) is 3.39. The largest absolute Gasteiger partial charge is 0.367 e. The minimum absolute atomic E-state index is 0.166. The molecule has 1 aliphatic rings. The molecule has 1 fully saturated rings. The average Bonchev–Trinajstić information content (AvgIpc) is 2.67. The molecule has 1 aromatic carbocycles. The van der Waals surface area contributed by atoms with Crippen molar-refractivity contribution in [1.29, 1.82) is 0 Å². The number of fused-ring (bicyclic) bond motifs is 1. The van der Waals surface area contributed by atoms with Gasteiger partial charge in [0, 0.05) is 43.0 Å². The number of rotatable bonds is 3. The molecule has 0 amide bonds. The zero-order valence-electron chi connectivity index (χ0n) is 14.4. The van der Waals surface area contributed by atoms with Crippen LogP contribution in [0.15, 0.2) is 58.2 Å². The Hall–Kier alpha value is -2.23. The highest BCUT2D eigenvalue weighted by Crippen LogP contribution is 2.29. The molecular weight excluding hydrogens is 430 g/mol. The third-order valence-corrected chi connectivity index (χ3v) is 6.05. The van der Waals surface area contributed by atoms with Gasteiger partial charge >= 0.3 is 0 Å². The maximum atomic E-state index is 11.9. The number of para-hydroxylation sites is 1. The zero-order valence-corrected chi connectivity index (χ0v) is 16.8. The predicted molar refractivity (Wildman–Crippen MR) is 109 cm³/mol. The van der Waals surface area contributed by atoms with E-state index in [4.69, 9.17) is 5.14 Å². The molecule has 0 aliphatic carbocycles. The molecule has 0 radical (unpaired) electrons. The summed E-state index contributed by atoms with van der Waals surface area (Å²) in [5.41, 5.74) is 3.39. The Morgan fingerprint density at radius 1 is 0.963 bits per heavy atom. The van der Waals surface area contributed by atoms with Gasteiger partial charge in [-0.3, -0.25) is 9.97 Å². The molecule has 0 saturated carbocycles. The molecule has 2 N–H and O–H groups in total. The van der Waals surface area contributed by atoms with Crippen LogP contribution >= 0.6 is 15.9 Å². The Balaban J connectivity index is 1.59. The maximum Gasteiger partial charge on any atom is 0.240 e. The number of nitrogens with two attached hydrogens (primary N) is 1. The van der Waals surface area contributed by atoms with Crippen molar-refractivity contribution in [3.05, 3.63) is 53.3 Å². The number of benzene rings is 1. The number of piperazine rings is 1. The minimum Gasteiger partial charge on any atom is -0.367 e. The van der Waals surface area contributed by atoms with Gasteiger partial charge in [-0.2, -0.15) is 0 Å². The standard InChI is InChI=1S/C18H18BrN5O2S/c19-13-11-14-18(22-12-13)16(5-6-21-14)24-9-7-23(8-10-24)15-3-1-2-4-17(15)27(20,25)26/h1-6,11-12H,7-10H2,(H2,20,25,26). The molecule has 140 valence electrons. The number of anilines is 2. The molecule has 3 heterocycles. The topological polar surface area (TPSA) is 92.4 Å². The molecule has 27 heavy (non-hydrogen) atoms. The van der Waals surface area contributed by atoms with Crippen LogP contribution in [0.2, 0.25) is 0 Å². The summed E-state index contributed by atoms with van der Waals surface area (Å²) in [7, 11) is -3.76. The van der Waals surface area contributed by atoms with Crippen molar-refractivity contribution in [2.45, 2.75) is 4.90 Å². The maximum absolute atomic E-state index is 11.9. The van der Waals surface area contributed by atoms with Gasteiger partial charge in [0.15, 0.2) is 0 Å². The van der Waals surface area contributed by atoms with E-state index in [9.17, 15) is 8.42 Å². The first-order chi connectivity index (χ1) is 12.9. The number of sulfonamides is 1. The Bertz CT molecular complexity index is 1100. The Kier molecular flexibility index (Phi) is 4.75. The van der Waals surface area contributed by atoms with Gasteiger partial charge in [0.25, 0.3) is 0 Å². The van der Waals surface area contributed by atoms with E-state index in [0.717, 1.165) is 34.3 Å². The third kappa shape index (κ3) is 3.62. The van der Waals surface area contributed by atoms with Crippen molar-refractivity contribution in [2.24, 2.45) is 5.14 Å². The quantitative estimate of drug-likeness (QED) is 0.662. The molecule has 1 aliphatic heterocycles. The molecule has 1 saturated heterocycles. The number of hydrogen-bond acceptors (Lipinski definition) is 6. The summed E-state index contributed by atoms with van der Waals surface area (Å²) >= 11 is 3.43. The number of primary sulfonamides is 1. The smallest absolute Gasteiger partial charge is 0.240 e. The first kappa shape index (κ1) is 18.1. The summed E-state index contributed by atoms with van der Waals surface area (Å²) in [6.45, 7) is 2.87. The van der Waals surface area contributed by atoms with Gasteiger partial charge in [-0.05, 0) is 40.2 Å². The van der Waals surface area contributed by atoms with Crippen LogP contribution in [0.25, 0.3) is 11.0 Å². The Morgan fingerprint density at radius 2 is 1.63 bits per heavy atom. The van der Waals surface area contributed by atoms with E-state index < -0.39 is 10.0 Å². The van der Waals surface area contributed by atoms with Crippen LogP contribution in [0.1, 0.15) is 0 Å². The minimum atomic E-state index is -3.76. The van der Waals surface area contributed by atoms with Gasteiger partial charge in [0.1, 0.15) is 10.4 Å². The lowest BCUT2D eigenvalue weighted by Gasteiger charge is -2.38. The normalized spacial score (nSPS) is 15.3. The van der Waals surface area contributed by atoms with E-state index in [1.54, 1.807) is 30.6 Å². The molecule has 0 unspecified atom stereocenters. The first-order valence-electron chi connectivity index (χ1n) is 8.45. The molecule has 9 heteroatoms. The molecular formula is C18H18BrN5O2S. The van der Waals surface area contributed by atoms with E-state index in [2.05, 4.69) is 35.7 Å². The van der Waals surface area contributed by atoms with E-state index in [1.807, 2.05) is 18.2 Å². The van der Waals surface area contributed by atoms with Gasteiger partial charge in [-0.15, -0.1) is 0 Å². The number of pyridine rings is 2. The predicted octanol–water partition coefficient (Wildman–Crippen LogP) is 2.37. The van der Waals surface area contributed by atoms with Crippen LogP contribution in [0.5, 0.6) is 0 Å². The van der Waals surface area contributed by atoms with E-state index in [-0.39, 0.29) is 4.90 Å². The van der Waals surface area contributed by atoms with Gasteiger partial charge in [0.2, 0.25) is 10.0 Å². The van der Waals surface area contributed by atoms with Crippen molar-refractivity contribution in [2.75, 3.05) is 36.0 Å². The van der Waals surface area contributed by atoms with Crippen LogP contribution in [-0.4, -0.2) is 44.6 Å². The Morgan fingerprint density at radius 3 is 2.33 bits per heavy atom. The number of nitrogens with zero attached hydrogens (tertiary/aromatic N) is 4. The SMILES string of the molecule is NS(=O)(=O)c1ccccc1N1CCN(c2ccnc3cc(Br)cnc23)CC1. The molecule has 0 atom stereocenters. The second-order valence-corrected chi connectivity index (χ2v) is 8.78. The van der Waals surface area contributed by atoms with Crippen molar-refractivity contribution in [3.63, 3.8) is 0 Å². The molecule has 3 aromatic rings. The first-order valence-corrected chi connectivity index (χ1v) is 10.8. The van der Waals surface area contributed by atoms with Gasteiger partial charge in [0.05, 0.1) is 16.9 Å². The lowest BCUT2D eigenvalue weighted by molar-refractivity contribution is 0.595. The van der Waals surface area contributed by atoms with Gasteiger partial charge in [-0.25, -0.2) is 13.6 Å². The molecule has 0 bridgehead atoms. The van der Waals surface area contributed by atoms with Gasteiger partial charge in [-0.1, -0.05) is 12.1 Å². The molecule has 7 nitrogen and oxygen atoms in total. The average molecular weight is 448 g/mol. The highest BCUT2D eigenvalue weighted by atomic mass is 79.9. The lowest BCUT2D eigenvalue weighted by atomic mass is 10.2. The molecule has 4 rings (SSSR count). The van der Waals surface area contributed by atoms with Gasteiger partial charge < -0.3 is 9.80 Å². The van der Waals surface area contributed by atoms with E-state index >= 15 is 0 Å². The summed E-state index contributed by atoms with van der Waals surface area (Å²) < 4.78 is 24.6. The summed E-state index contributed by atoms with van der Waals surface area (Å²) in [6, 6.07) is 10.8. The second kappa shape index (κ2) is 7.06. The van der Waals surface area contributed by atoms with E-state index in [0.29, 0.717) is 18.8 Å². The van der Waals surface area contributed by atoms with Crippen molar-refractivity contribution in [1.82, 2.24) is 9.97 Å². The van der Waals surface area contributed by atoms with Crippen LogP contribution in [-0.2, 0) is 10.0 Å². The van der Waals surface area contributed by atoms with Crippen LogP contribution in [0.3, 0.4) is 0 Å². The summed E-state index contributed by atoms with van der Waals surface area (Å²) in [5, 5.41) is 5.37. The Labute approximate surface area is 166 Å². The monoisotopic (exact) mass is 447 g/mol. The zero-order chi connectivity index (χ0) is 19.0. The third-order valence-electron chi connectivity index (χ3n) is 4.66. The highest BCUT2D eigenvalue weighted by Gasteiger charge is 2.23. The molecule has 0 spiro atoms. The van der Waals surface area contributed by atoms with Crippen molar-refractivity contribution < 1.29 is 8.42 Å². The fraction of sp³-hybridized carbons (Fsp3) is 0.222. The van der Waals surface area contributed by atoms with Crippen molar-refractivity contribution in [3.8, 4) is 0 Å². The summed E-state index contributed by atoms with van der Waals surface area (Å²) in [6.07, 6.45) is 3.56. The fourth-order valence-corrected chi connectivity index (χ4v) is 4.47. The summed E-state index contributed by atoms with van der Waals surface area (Å²) in [5.74, 6) is 0. The summed E-state index contributed by atoms with van der Waals surface area (Å²) in [4.78, 5) is 13.4.